The Morgan fingerprint density at radius 1 is 1.00 bits per heavy atom. The maximum atomic E-state index is 9.72. The van der Waals surface area contributed by atoms with Crippen LogP contribution in [-0.2, 0) is 0 Å². The molecule has 0 radical (unpaired) electrons. The largest absolute Gasteiger partial charge is 0.394 e. The molecule has 0 saturated carbocycles. The standard InChI is InChI=1S/C12H18N2O6/c15-5-8(17)2-1-7-3-14-9(4-13-7)11(19)12(20)10(18)6-16/h1-4,8,10-12,15-20H,5-6H2/b2-1+/t8?,10-,11-,12-/m1/s1. The van der Waals surface area contributed by atoms with Crippen molar-refractivity contribution in [2.75, 3.05) is 13.2 Å². The first kappa shape index (κ1) is 16.6. The Balaban J connectivity index is 2.73. The van der Waals surface area contributed by atoms with Gasteiger partial charge in [-0.05, 0) is 6.08 Å². The van der Waals surface area contributed by atoms with E-state index in [9.17, 15) is 15.3 Å². The van der Waals surface area contributed by atoms with Crippen molar-refractivity contribution in [1.29, 1.82) is 0 Å². The molecular weight excluding hydrogens is 268 g/mol. The van der Waals surface area contributed by atoms with Gasteiger partial charge < -0.3 is 30.6 Å². The average Bonchev–Trinajstić information content (AvgIpc) is 2.50. The Morgan fingerprint density at radius 2 is 1.70 bits per heavy atom. The van der Waals surface area contributed by atoms with Crippen LogP contribution in [0.1, 0.15) is 17.5 Å². The van der Waals surface area contributed by atoms with E-state index >= 15 is 0 Å². The number of aliphatic hydroxyl groups excluding tert-OH is 6. The summed E-state index contributed by atoms with van der Waals surface area (Å²) >= 11 is 0. The van der Waals surface area contributed by atoms with Crippen molar-refractivity contribution >= 4 is 6.08 Å². The summed E-state index contributed by atoms with van der Waals surface area (Å²) in [6.45, 7) is -1.10. The van der Waals surface area contributed by atoms with E-state index in [0.29, 0.717) is 5.69 Å². The number of aliphatic hydroxyl groups is 6. The third-order valence-electron chi connectivity index (χ3n) is 2.58. The first-order chi connectivity index (χ1) is 9.49. The monoisotopic (exact) mass is 286 g/mol. The van der Waals surface area contributed by atoms with Gasteiger partial charge in [0.2, 0.25) is 0 Å². The van der Waals surface area contributed by atoms with Crippen LogP contribution >= 0.6 is 0 Å². The summed E-state index contributed by atoms with van der Waals surface area (Å²) in [5, 5.41) is 54.9. The molecule has 0 aliphatic rings. The van der Waals surface area contributed by atoms with Crippen LogP contribution in [0.4, 0.5) is 0 Å². The second-order valence-corrected chi connectivity index (χ2v) is 4.16. The normalized spacial score (nSPS) is 17.9. The van der Waals surface area contributed by atoms with E-state index in [1.54, 1.807) is 0 Å². The average molecular weight is 286 g/mol. The number of rotatable bonds is 7. The van der Waals surface area contributed by atoms with Crippen LogP contribution in [0, 0.1) is 0 Å². The number of hydrogen-bond donors (Lipinski definition) is 6. The molecule has 0 bridgehead atoms. The maximum Gasteiger partial charge on any atom is 0.126 e. The molecule has 1 aromatic heterocycles. The molecule has 20 heavy (non-hydrogen) atoms. The fraction of sp³-hybridized carbons (Fsp3) is 0.500. The van der Waals surface area contributed by atoms with Gasteiger partial charge in [0.1, 0.15) is 18.3 Å². The molecule has 0 aromatic carbocycles. The van der Waals surface area contributed by atoms with Crippen molar-refractivity contribution in [3.8, 4) is 0 Å². The van der Waals surface area contributed by atoms with Crippen LogP contribution in [0.25, 0.3) is 6.08 Å². The van der Waals surface area contributed by atoms with Gasteiger partial charge in [0, 0.05) is 0 Å². The Labute approximate surface area is 115 Å². The van der Waals surface area contributed by atoms with E-state index in [1.165, 1.54) is 24.5 Å². The van der Waals surface area contributed by atoms with Gasteiger partial charge in [-0.3, -0.25) is 9.97 Å². The van der Waals surface area contributed by atoms with Crippen LogP contribution in [-0.4, -0.2) is 72.1 Å². The summed E-state index contributed by atoms with van der Waals surface area (Å²) in [6.07, 6.45) is -0.291. The number of hydrogen-bond acceptors (Lipinski definition) is 8. The third-order valence-corrected chi connectivity index (χ3v) is 2.58. The molecule has 4 atom stereocenters. The molecule has 0 fully saturated rings. The van der Waals surface area contributed by atoms with Gasteiger partial charge in [-0.1, -0.05) is 6.08 Å². The Hall–Kier alpha value is -1.42. The predicted octanol–water partition coefficient (Wildman–Crippen LogP) is -2.41. The van der Waals surface area contributed by atoms with Crippen LogP contribution < -0.4 is 0 Å². The van der Waals surface area contributed by atoms with Crippen molar-refractivity contribution in [1.82, 2.24) is 9.97 Å². The summed E-state index contributed by atoms with van der Waals surface area (Å²) in [5.41, 5.74) is 0.413. The number of nitrogens with zero attached hydrogens (tertiary/aromatic N) is 2. The fourth-order valence-corrected chi connectivity index (χ4v) is 1.35. The SMILES string of the molecule is OCC(O)/C=C/c1cnc([C@@H](O)[C@H](O)[C@H](O)CO)cn1. The van der Waals surface area contributed by atoms with Crippen LogP contribution in [0.2, 0.25) is 0 Å². The summed E-state index contributed by atoms with van der Waals surface area (Å²) in [6, 6.07) is 0. The zero-order valence-corrected chi connectivity index (χ0v) is 10.6. The molecule has 0 amide bonds. The second-order valence-electron chi connectivity index (χ2n) is 4.16. The summed E-state index contributed by atoms with van der Waals surface area (Å²) in [4.78, 5) is 7.78. The lowest BCUT2D eigenvalue weighted by Crippen LogP contribution is -2.35. The van der Waals surface area contributed by atoms with E-state index in [1.807, 2.05) is 0 Å². The topological polar surface area (TPSA) is 147 Å². The van der Waals surface area contributed by atoms with E-state index in [2.05, 4.69) is 9.97 Å². The summed E-state index contributed by atoms with van der Waals surface area (Å²) < 4.78 is 0. The van der Waals surface area contributed by atoms with Crippen molar-refractivity contribution in [3.63, 3.8) is 0 Å². The smallest absolute Gasteiger partial charge is 0.126 e. The van der Waals surface area contributed by atoms with Gasteiger partial charge in [0.05, 0.1) is 43.1 Å². The molecule has 8 nitrogen and oxygen atoms in total. The third kappa shape index (κ3) is 4.60. The van der Waals surface area contributed by atoms with Gasteiger partial charge in [0.15, 0.2) is 0 Å². The van der Waals surface area contributed by atoms with Crippen molar-refractivity contribution in [2.24, 2.45) is 0 Å². The van der Waals surface area contributed by atoms with Crippen molar-refractivity contribution in [3.05, 3.63) is 29.9 Å². The zero-order chi connectivity index (χ0) is 15.1. The second kappa shape index (κ2) is 8.00. The molecule has 6 N–H and O–H groups in total. The molecule has 1 heterocycles. The molecule has 112 valence electrons. The molecule has 1 aromatic rings. The number of aromatic nitrogens is 2. The molecule has 1 unspecified atom stereocenters. The van der Waals surface area contributed by atoms with Gasteiger partial charge in [0.25, 0.3) is 0 Å². The van der Waals surface area contributed by atoms with Crippen molar-refractivity contribution in [2.45, 2.75) is 24.4 Å². The van der Waals surface area contributed by atoms with E-state index in [-0.39, 0.29) is 5.69 Å². The molecule has 0 aliphatic carbocycles. The van der Waals surface area contributed by atoms with Gasteiger partial charge in [-0.15, -0.1) is 0 Å². The molecule has 0 spiro atoms. The van der Waals surface area contributed by atoms with E-state index in [0.717, 1.165) is 0 Å². The molecule has 0 saturated heterocycles. The van der Waals surface area contributed by atoms with E-state index in [4.69, 9.17) is 15.3 Å². The van der Waals surface area contributed by atoms with Crippen molar-refractivity contribution < 1.29 is 30.6 Å². The Morgan fingerprint density at radius 3 is 2.20 bits per heavy atom. The summed E-state index contributed by atoms with van der Waals surface area (Å²) in [5.74, 6) is 0. The predicted molar refractivity (Wildman–Crippen MR) is 68.2 cm³/mol. The fourth-order valence-electron chi connectivity index (χ4n) is 1.35. The molecule has 0 aliphatic heterocycles. The van der Waals surface area contributed by atoms with Gasteiger partial charge in [-0.2, -0.15) is 0 Å². The quantitative estimate of drug-likeness (QED) is 0.325. The Kier molecular flexibility index (Phi) is 6.65. The lowest BCUT2D eigenvalue weighted by atomic mass is 10.1. The zero-order valence-electron chi connectivity index (χ0n) is 10.6. The molecular formula is C12H18N2O6. The highest BCUT2D eigenvalue weighted by molar-refractivity contribution is 5.43. The van der Waals surface area contributed by atoms with Crippen LogP contribution in [0.15, 0.2) is 18.5 Å². The highest BCUT2D eigenvalue weighted by Gasteiger charge is 2.26. The summed E-state index contributed by atoms with van der Waals surface area (Å²) in [7, 11) is 0. The first-order valence-corrected chi connectivity index (χ1v) is 5.93. The maximum absolute atomic E-state index is 9.72. The first-order valence-electron chi connectivity index (χ1n) is 5.93. The lowest BCUT2D eigenvalue weighted by Gasteiger charge is -2.20. The van der Waals surface area contributed by atoms with E-state index < -0.39 is 37.6 Å². The minimum Gasteiger partial charge on any atom is -0.394 e. The van der Waals surface area contributed by atoms with Crippen LogP contribution in [0.5, 0.6) is 0 Å². The minimum absolute atomic E-state index is 0.0323. The highest BCUT2D eigenvalue weighted by Crippen LogP contribution is 2.16. The highest BCUT2D eigenvalue weighted by atomic mass is 16.4. The lowest BCUT2D eigenvalue weighted by molar-refractivity contribution is -0.0790. The van der Waals surface area contributed by atoms with Gasteiger partial charge >= 0.3 is 0 Å². The van der Waals surface area contributed by atoms with Gasteiger partial charge in [-0.25, -0.2) is 0 Å². The molecule has 8 heteroatoms. The Bertz CT molecular complexity index is 424. The van der Waals surface area contributed by atoms with Crippen LogP contribution in [0.3, 0.4) is 0 Å². The molecule has 1 rings (SSSR count). The minimum atomic E-state index is -1.58.